The van der Waals surface area contributed by atoms with Gasteiger partial charge in [-0.25, -0.2) is 0 Å². The Bertz CT molecular complexity index is 835. The van der Waals surface area contributed by atoms with E-state index < -0.39 is 0 Å². The lowest BCUT2D eigenvalue weighted by Gasteiger charge is -2.12. The van der Waals surface area contributed by atoms with Crippen molar-refractivity contribution < 1.29 is 0 Å². The van der Waals surface area contributed by atoms with Crippen molar-refractivity contribution in [2.45, 2.75) is 29.6 Å². The smallest absolute Gasteiger partial charge is 0.0600 e. The molecule has 3 rings (SSSR count). The Kier molecular flexibility index (Phi) is 5.14. The molecule has 0 unspecified atom stereocenters. The Morgan fingerprint density at radius 1 is 1.04 bits per heavy atom. The van der Waals surface area contributed by atoms with Crippen LogP contribution in [0.2, 0.25) is 0 Å². The lowest BCUT2D eigenvalue weighted by Crippen LogP contribution is -2.10. The Balaban J connectivity index is 2.14. The van der Waals surface area contributed by atoms with Gasteiger partial charge in [0.2, 0.25) is 0 Å². The number of hydrogen-bond acceptors (Lipinski definition) is 2. The van der Waals surface area contributed by atoms with Crippen LogP contribution in [0.4, 0.5) is 0 Å². The van der Waals surface area contributed by atoms with Gasteiger partial charge < -0.3 is 0 Å². The standard InChI is InChI=1S/C22H23NS/c1-16(2)17-11-12-22-20(15-17)18(9-7-13-23(3)4)14-19-8-5-6-10-21(19)24-22/h5-6,8,10-12,14-16H,13H2,1-4H3. The third-order valence-electron chi connectivity index (χ3n) is 4.02. The fourth-order valence-corrected chi connectivity index (χ4v) is 3.69. The number of nitrogens with zero attached hydrogens (tertiary/aromatic N) is 1. The minimum atomic E-state index is 0.516. The number of allylic oxidation sites excluding steroid dienone is 1. The fourth-order valence-electron chi connectivity index (χ4n) is 2.65. The van der Waals surface area contributed by atoms with E-state index >= 15 is 0 Å². The molecule has 2 aromatic carbocycles. The van der Waals surface area contributed by atoms with Crippen LogP contribution in [0.5, 0.6) is 0 Å². The zero-order valence-corrected chi connectivity index (χ0v) is 15.6. The predicted molar refractivity (Wildman–Crippen MR) is 105 cm³/mol. The molecule has 0 radical (unpaired) electrons. The minimum Gasteiger partial charge on any atom is -0.299 e. The Labute approximate surface area is 149 Å². The Morgan fingerprint density at radius 2 is 1.83 bits per heavy atom. The van der Waals surface area contributed by atoms with E-state index in [1.54, 1.807) is 0 Å². The van der Waals surface area contributed by atoms with Crippen LogP contribution in [-0.4, -0.2) is 25.5 Å². The monoisotopic (exact) mass is 333 g/mol. The van der Waals surface area contributed by atoms with Crippen LogP contribution in [0.3, 0.4) is 0 Å². The van der Waals surface area contributed by atoms with Crippen molar-refractivity contribution in [1.82, 2.24) is 4.90 Å². The molecule has 122 valence electrons. The summed E-state index contributed by atoms with van der Waals surface area (Å²) < 4.78 is 0. The SMILES string of the molecule is CC(C)c1ccc2c(c1)C(C#CCN(C)C)=Cc1ccccc1S2. The molecule has 2 heteroatoms. The molecule has 24 heavy (non-hydrogen) atoms. The molecule has 0 bridgehead atoms. The van der Waals surface area contributed by atoms with Gasteiger partial charge in [-0.1, -0.05) is 61.7 Å². The van der Waals surface area contributed by atoms with Gasteiger partial charge in [0.25, 0.3) is 0 Å². The zero-order valence-electron chi connectivity index (χ0n) is 14.8. The topological polar surface area (TPSA) is 3.24 Å². The second-order valence-electron chi connectivity index (χ2n) is 6.65. The molecule has 1 heterocycles. The first-order valence-electron chi connectivity index (χ1n) is 8.31. The minimum absolute atomic E-state index is 0.516. The lowest BCUT2D eigenvalue weighted by atomic mass is 9.96. The summed E-state index contributed by atoms with van der Waals surface area (Å²) >= 11 is 1.84. The van der Waals surface area contributed by atoms with Crippen LogP contribution < -0.4 is 0 Å². The molecule has 1 nitrogen and oxygen atoms in total. The van der Waals surface area contributed by atoms with Crippen molar-refractivity contribution in [2.24, 2.45) is 0 Å². The van der Waals surface area contributed by atoms with Gasteiger partial charge in [0.1, 0.15) is 0 Å². The van der Waals surface area contributed by atoms with Gasteiger partial charge in [-0.2, -0.15) is 0 Å². The molecule has 1 aliphatic heterocycles. The molecule has 0 spiro atoms. The number of hydrogen-bond donors (Lipinski definition) is 0. The average molecular weight is 334 g/mol. The second kappa shape index (κ2) is 7.30. The first-order valence-corrected chi connectivity index (χ1v) is 9.13. The van der Waals surface area contributed by atoms with Crippen molar-refractivity contribution in [2.75, 3.05) is 20.6 Å². The number of benzene rings is 2. The van der Waals surface area contributed by atoms with Gasteiger partial charge in [-0.3, -0.25) is 4.90 Å². The van der Waals surface area contributed by atoms with Crippen molar-refractivity contribution >= 4 is 23.4 Å². The summed E-state index contributed by atoms with van der Waals surface area (Å²) in [5.41, 5.74) is 4.99. The van der Waals surface area contributed by atoms with Gasteiger partial charge in [0, 0.05) is 20.9 Å². The highest BCUT2D eigenvalue weighted by Gasteiger charge is 2.16. The highest BCUT2D eigenvalue weighted by molar-refractivity contribution is 7.99. The highest BCUT2D eigenvalue weighted by Crippen LogP contribution is 2.41. The summed E-state index contributed by atoms with van der Waals surface area (Å²) in [6, 6.07) is 15.4. The first-order chi connectivity index (χ1) is 11.5. The molecule has 0 atom stereocenters. The van der Waals surface area contributed by atoms with E-state index in [1.807, 2.05) is 25.9 Å². The van der Waals surface area contributed by atoms with Crippen LogP contribution in [0.15, 0.2) is 52.3 Å². The third-order valence-corrected chi connectivity index (χ3v) is 5.19. The van der Waals surface area contributed by atoms with Crippen molar-refractivity contribution in [3.63, 3.8) is 0 Å². The molecule has 0 fully saturated rings. The summed E-state index contributed by atoms with van der Waals surface area (Å²) in [5.74, 6) is 7.23. The summed E-state index contributed by atoms with van der Waals surface area (Å²) in [6.45, 7) is 5.24. The lowest BCUT2D eigenvalue weighted by molar-refractivity contribution is 0.464. The molecular formula is C22H23NS. The van der Waals surface area contributed by atoms with Gasteiger partial charge in [-0.15, -0.1) is 0 Å². The number of fused-ring (bicyclic) bond motifs is 2. The zero-order chi connectivity index (χ0) is 17.1. The number of rotatable bonds is 2. The van der Waals surface area contributed by atoms with E-state index in [9.17, 15) is 0 Å². The third kappa shape index (κ3) is 3.75. The quantitative estimate of drug-likeness (QED) is 0.679. The summed E-state index contributed by atoms with van der Waals surface area (Å²) in [7, 11) is 4.10. The molecule has 1 aliphatic rings. The van der Waals surface area contributed by atoms with Crippen LogP contribution in [0, 0.1) is 11.8 Å². The molecule has 0 aromatic heterocycles. The highest BCUT2D eigenvalue weighted by atomic mass is 32.2. The van der Waals surface area contributed by atoms with E-state index in [1.165, 1.54) is 26.5 Å². The average Bonchev–Trinajstić information content (AvgIpc) is 2.70. The van der Waals surface area contributed by atoms with E-state index in [0.29, 0.717) is 5.92 Å². The van der Waals surface area contributed by atoms with Crippen LogP contribution >= 0.6 is 11.8 Å². The van der Waals surface area contributed by atoms with Crippen LogP contribution in [-0.2, 0) is 0 Å². The van der Waals surface area contributed by atoms with Crippen molar-refractivity contribution in [1.29, 1.82) is 0 Å². The molecule has 0 amide bonds. The summed E-state index contributed by atoms with van der Waals surface area (Å²) in [4.78, 5) is 4.67. The molecule has 0 saturated heterocycles. The maximum absolute atomic E-state index is 3.41. The Hall–Kier alpha value is -1.95. The van der Waals surface area contributed by atoms with Gasteiger partial charge >= 0.3 is 0 Å². The molecule has 0 aliphatic carbocycles. The molecule has 2 aromatic rings. The maximum Gasteiger partial charge on any atom is 0.0600 e. The van der Waals surface area contributed by atoms with Gasteiger partial charge in [-0.05, 0) is 55.4 Å². The second-order valence-corrected chi connectivity index (χ2v) is 7.73. The van der Waals surface area contributed by atoms with Crippen molar-refractivity contribution in [3.05, 3.63) is 59.2 Å². The fraction of sp³-hybridized carbons (Fsp3) is 0.273. The van der Waals surface area contributed by atoms with Gasteiger partial charge in [0.15, 0.2) is 0 Å². The van der Waals surface area contributed by atoms with Gasteiger partial charge in [0.05, 0.1) is 6.54 Å². The Morgan fingerprint density at radius 3 is 2.58 bits per heavy atom. The van der Waals surface area contributed by atoms with E-state index in [-0.39, 0.29) is 0 Å². The van der Waals surface area contributed by atoms with E-state index in [0.717, 1.165) is 12.1 Å². The summed E-state index contributed by atoms with van der Waals surface area (Å²) in [6.07, 6.45) is 2.24. The molecular weight excluding hydrogens is 310 g/mol. The molecule has 0 saturated carbocycles. The van der Waals surface area contributed by atoms with E-state index in [2.05, 4.69) is 79.1 Å². The largest absolute Gasteiger partial charge is 0.299 e. The normalized spacial score (nSPS) is 12.8. The van der Waals surface area contributed by atoms with Crippen LogP contribution in [0.25, 0.3) is 11.6 Å². The molecule has 0 N–H and O–H groups in total. The first kappa shape index (κ1) is 16.9. The van der Waals surface area contributed by atoms with Crippen molar-refractivity contribution in [3.8, 4) is 11.8 Å². The summed E-state index contributed by atoms with van der Waals surface area (Å²) in [5, 5.41) is 0. The van der Waals surface area contributed by atoms with E-state index in [4.69, 9.17) is 0 Å². The maximum atomic E-state index is 3.41. The van der Waals surface area contributed by atoms with Crippen LogP contribution in [0.1, 0.15) is 36.5 Å². The predicted octanol–water partition coefficient (Wildman–Crippen LogP) is 5.38.